The molecule has 1 aromatic carbocycles. The molecule has 0 bridgehead atoms. The molecule has 1 aliphatic rings. The molecular formula is C25H33F2N5O3S. The van der Waals surface area contributed by atoms with Crippen LogP contribution in [0.3, 0.4) is 0 Å². The number of carbonyl (C=O) groups is 1. The molecule has 0 aliphatic heterocycles. The van der Waals surface area contributed by atoms with Crippen molar-refractivity contribution in [2.24, 2.45) is 5.92 Å². The third kappa shape index (κ3) is 5.45. The lowest BCUT2D eigenvalue weighted by Gasteiger charge is -2.30. The lowest BCUT2D eigenvalue weighted by atomic mass is 9.86. The van der Waals surface area contributed by atoms with Crippen molar-refractivity contribution in [3.8, 4) is 0 Å². The molecule has 0 radical (unpaired) electrons. The summed E-state index contributed by atoms with van der Waals surface area (Å²) in [6, 6.07) is 4.76. The van der Waals surface area contributed by atoms with Gasteiger partial charge in [0.15, 0.2) is 0 Å². The molecule has 0 unspecified atom stereocenters. The molecule has 1 aliphatic carbocycles. The lowest BCUT2D eigenvalue weighted by molar-refractivity contribution is -0.120. The van der Waals surface area contributed by atoms with Crippen LogP contribution in [0.1, 0.15) is 64.8 Å². The minimum atomic E-state index is -4.00. The van der Waals surface area contributed by atoms with Crippen molar-refractivity contribution in [1.29, 1.82) is 0 Å². The van der Waals surface area contributed by atoms with Crippen LogP contribution in [0.4, 0.5) is 8.78 Å². The van der Waals surface area contributed by atoms with Crippen LogP contribution in [0.15, 0.2) is 35.5 Å². The van der Waals surface area contributed by atoms with Gasteiger partial charge in [0.05, 0.1) is 28.5 Å². The van der Waals surface area contributed by atoms with Gasteiger partial charge in [-0.05, 0) is 43.9 Å². The van der Waals surface area contributed by atoms with E-state index in [9.17, 15) is 22.0 Å². The second-order valence-corrected chi connectivity index (χ2v) is 12.4. The fourth-order valence-electron chi connectivity index (χ4n) is 4.68. The van der Waals surface area contributed by atoms with Gasteiger partial charge in [0.25, 0.3) is 10.0 Å². The zero-order chi connectivity index (χ0) is 26.3. The second-order valence-electron chi connectivity index (χ2n) is 10.6. The molecule has 3 aromatic rings. The molecule has 2 aromatic heterocycles. The minimum Gasteiger partial charge on any atom is -0.356 e. The van der Waals surface area contributed by atoms with Crippen molar-refractivity contribution in [3.05, 3.63) is 42.0 Å². The van der Waals surface area contributed by atoms with Crippen LogP contribution in [-0.2, 0) is 33.2 Å². The van der Waals surface area contributed by atoms with Crippen LogP contribution in [0.2, 0.25) is 0 Å². The van der Waals surface area contributed by atoms with Crippen molar-refractivity contribution >= 4 is 27.0 Å². The van der Waals surface area contributed by atoms with E-state index >= 15 is 0 Å². The molecule has 4 rings (SSSR count). The summed E-state index contributed by atoms with van der Waals surface area (Å²) >= 11 is 0. The number of aromatic nitrogens is 4. The average Bonchev–Trinajstić information content (AvgIpc) is 3.40. The van der Waals surface area contributed by atoms with Gasteiger partial charge in [-0.1, -0.05) is 20.8 Å². The van der Waals surface area contributed by atoms with Gasteiger partial charge >= 0.3 is 0 Å². The summed E-state index contributed by atoms with van der Waals surface area (Å²) in [6.07, 6.45) is 3.42. The fourth-order valence-corrected chi connectivity index (χ4v) is 5.85. The maximum atomic E-state index is 13.7. The number of carbonyl (C=O) groups excluding carboxylic acids is 1. The molecule has 1 N–H and O–H groups in total. The first-order valence-electron chi connectivity index (χ1n) is 12.2. The Morgan fingerprint density at radius 3 is 2.56 bits per heavy atom. The third-order valence-electron chi connectivity index (χ3n) is 6.56. The highest BCUT2D eigenvalue weighted by molar-refractivity contribution is 7.89. The Labute approximate surface area is 210 Å². The summed E-state index contributed by atoms with van der Waals surface area (Å²) in [6.45, 7) is 8.93. The molecule has 36 heavy (non-hydrogen) atoms. The lowest BCUT2D eigenvalue weighted by Crippen LogP contribution is -2.28. The standard InChI is InChI=1S/C25H33F2N5O3S/c1-5-28-22(33)12-18-14-29-32(16-18)36(34,35)19-6-7-21-20(13-19)30-23(24(2,3)4)31(21)15-17-8-10-25(26,27)11-9-17/h6-7,13-14,16-17H,5,8-12,15H2,1-4H3,(H,28,33). The largest absolute Gasteiger partial charge is 0.356 e. The average molecular weight is 522 g/mol. The number of alkyl halides is 2. The monoisotopic (exact) mass is 521 g/mol. The smallest absolute Gasteiger partial charge is 0.283 e. The molecule has 2 heterocycles. The van der Waals surface area contributed by atoms with Gasteiger partial charge in [-0.25, -0.2) is 13.8 Å². The predicted octanol–water partition coefficient (Wildman–Crippen LogP) is 4.27. The highest BCUT2D eigenvalue weighted by atomic mass is 32.2. The van der Waals surface area contributed by atoms with Crippen LogP contribution >= 0.6 is 0 Å². The Morgan fingerprint density at radius 2 is 1.92 bits per heavy atom. The van der Waals surface area contributed by atoms with Crippen LogP contribution in [0, 0.1) is 5.92 Å². The topological polar surface area (TPSA) is 98.9 Å². The highest BCUT2D eigenvalue weighted by Gasteiger charge is 2.36. The summed E-state index contributed by atoms with van der Waals surface area (Å²) < 4.78 is 56.8. The maximum Gasteiger partial charge on any atom is 0.283 e. The molecule has 0 saturated heterocycles. The molecule has 1 amide bonds. The van der Waals surface area contributed by atoms with E-state index in [2.05, 4.69) is 15.0 Å². The van der Waals surface area contributed by atoms with Gasteiger partial charge in [-0.3, -0.25) is 4.79 Å². The van der Waals surface area contributed by atoms with Crippen LogP contribution in [0.25, 0.3) is 11.0 Å². The first-order chi connectivity index (χ1) is 16.8. The van der Waals surface area contributed by atoms with Crippen molar-refractivity contribution in [1.82, 2.24) is 24.1 Å². The normalized spacial score (nSPS) is 16.9. The van der Waals surface area contributed by atoms with Crippen LogP contribution < -0.4 is 5.32 Å². The Hall–Kier alpha value is -2.82. The minimum absolute atomic E-state index is 0.0325. The Balaban J connectivity index is 1.65. The van der Waals surface area contributed by atoms with E-state index in [0.717, 1.165) is 15.4 Å². The van der Waals surface area contributed by atoms with E-state index in [-0.39, 0.29) is 41.4 Å². The summed E-state index contributed by atoms with van der Waals surface area (Å²) in [5, 5.41) is 6.64. The number of imidazole rings is 1. The van der Waals surface area contributed by atoms with Gasteiger partial charge in [-0.15, -0.1) is 0 Å². The molecule has 11 heteroatoms. The maximum absolute atomic E-state index is 13.7. The van der Waals surface area contributed by atoms with E-state index in [0.29, 0.717) is 37.0 Å². The highest BCUT2D eigenvalue weighted by Crippen LogP contribution is 2.38. The second kappa shape index (κ2) is 9.57. The molecule has 196 valence electrons. The number of rotatable bonds is 7. The molecule has 1 saturated carbocycles. The number of nitrogens with zero attached hydrogens (tertiary/aromatic N) is 4. The summed E-state index contributed by atoms with van der Waals surface area (Å²) in [5.41, 5.74) is 1.46. The molecule has 8 nitrogen and oxygen atoms in total. The first kappa shape index (κ1) is 26.2. The number of halogens is 2. The number of hydrogen-bond donors (Lipinski definition) is 1. The molecule has 0 atom stereocenters. The number of fused-ring (bicyclic) bond motifs is 1. The fraction of sp³-hybridized carbons (Fsp3) is 0.560. The van der Waals surface area contributed by atoms with E-state index in [1.165, 1.54) is 24.5 Å². The molecule has 0 spiro atoms. The van der Waals surface area contributed by atoms with Crippen LogP contribution in [0.5, 0.6) is 0 Å². The number of likely N-dealkylation sites (N-methyl/N-ethyl adjacent to an activating group) is 1. The van der Waals surface area contributed by atoms with Gasteiger partial charge in [0, 0.05) is 43.1 Å². The van der Waals surface area contributed by atoms with Gasteiger partial charge < -0.3 is 9.88 Å². The first-order valence-corrected chi connectivity index (χ1v) is 13.7. The number of amides is 1. The Morgan fingerprint density at radius 1 is 1.22 bits per heavy atom. The third-order valence-corrected chi connectivity index (χ3v) is 8.11. The van der Waals surface area contributed by atoms with E-state index in [4.69, 9.17) is 4.98 Å². The van der Waals surface area contributed by atoms with Gasteiger partial charge in [-0.2, -0.15) is 17.6 Å². The van der Waals surface area contributed by atoms with E-state index < -0.39 is 15.9 Å². The summed E-state index contributed by atoms with van der Waals surface area (Å²) in [5.74, 6) is -1.90. The summed E-state index contributed by atoms with van der Waals surface area (Å²) in [4.78, 5) is 16.6. The number of nitrogens with one attached hydrogen (secondary N) is 1. The molecular weight excluding hydrogens is 488 g/mol. The van der Waals surface area contributed by atoms with Gasteiger partial charge in [0.1, 0.15) is 5.82 Å². The number of benzene rings is 1. The number of hydrogen-bond acceptors (Lipinski definition) is 5. The SMILES string of the molecule is CCNC(=O)Cc1cnn(S(=O)(=O)c2ccc3c(c2)nc(C(C)(C)C)n3CC2CCC(F)(F)CC2)c1. The quantitative estimate of drug-likeness (QED) is 0.501. The zero-order valence-corrected chi connectivity index (χ0v) is 21.9. The van der Waals surface area contributed by atoms with Crippen molar-refractivity contribution in [2.45, 2.75) is 82.6 Å². The molecule has 1 fully saturated rings. The predicted molar refractivity (Wildman–Crippen MR) is 133 cm³/mol. The van der Waals surface area contributed by atoms with E-state index in [1.54, 1.807) is 6.07 Å². The van der Waals surface area contributed by atoms with E-state index in [1.807, 2.05) is 27.7 Å². The zero-order valence-electron chi connectivity index (χ0n) is 21.1. The Kier molecular flexibility index (Phi) is 6.98. The van der Waals surface area contributed by atoms with Crippen LogP contribution in [-0.4, -0.2) is 45.5 Å². The van der Waals surface area contributed by atoms with Crippen molar-refractivity contribution in [2.75, 3.05) is 6.54 Å². The van der Waals surface area contributed by atoms with Gasteiger partial charge in [0.2, 0.25) is 11.8 Å². The summed E-state index contributed by atoms with van der Waals surface area (Å²) in [7, 11) is -4.00. The van der Waals surface area contributed by atoms with Crippen molar-refractivity contribution < 1.29 is 22.0 Å². The Bertz CT molecular complexity index is 1360. The van der Waals surface area contributed by atoms with Crippen molar-refractivity contribution in [3.63, 3.8) is 0 Å².